The Hall–Kier alpha value is -1.38. The Bertz CT molecular complexity index is 596. The van der Waals surface area contributed by atoms with E-state index in [0.29, 0.717) is 0 Å². The van der Waals surface area contributed by atoms with Crippen molar-refractivity contribution in [2.24, 2.45) is 0 Å². The summed E-state index contributed by atoms with van der Waals surface area (Å²) in [6.07, 6.45) is 5.72. The van der Waals surface area contributed by atoms with Gasteiger partial charge in [0.2, 0.25) is 0 Å². The molecule has 1 heterocycles. The smallest absolute Gasteiger partial charge is 0.0441 e. The Morgan fingerprint density at radius 2 is 2.00 bits per heavy atom. The van der Waals surface area contributed by atoms with Gasteiger partial charge in [0, 0.05) is 23.5 Å². The van der Waals surface area contributed by atoms with Crippen molar-refractivity contribution in [2.75, 3.05) is 6.54 Å². The average Bonchev–Trinajstić information content (AvgIpc) is 2.49. The lowest BCUT2D eigenvalue weighted by atomic mass is 9.94. The minimum absolute atomic E-state index is 0.271. The molecule has 0 bridgehead atoms. The number of pyridine rings is 1. The number of rotatable bonds is 6. The fraction of sp³-hybridized carbons (Fsp3) is 0.389. The fourth-order valence-electron chi connectivity index (χ4n) is 2.65. The molecule has 2 nitrogen and oxygen atoms in total. The van der Waals surface area contributed by atoms with Gasteiger partial charge in [-0.05, 0) is 60.7 Å². The monoisotopic (exact) mass is 302 g/mol. The summed E-state index contributed by atoms with van der Waals surface area (Å²) >= 11 is 6.39. The Morgan fingerprint density at radius 1 is 1.19 bits per heavy atom. The van der Waals surface area contributed by atoms with Crippen LogP contribution >= 0.6 is 11.6 Å². The van der Waals surface area contributed by atoms with E-state index >= 15 is 0 Å². The number of hydrogen-bond donors (Lipinski definition) is 1. The van der Waals surface area contributed by atoms with E-state index in [9.17, 15) is 0 Å². The van der Waals surface area contributed by atoms with Crippen LogP contribution in [0.5, 0.6) is 0 Å². The van der Waals surface area contributed by atoms with Crippen LogP contribution in [0.3, 0.4) is 0 Å². The van der Waals surface area contributed by atoms with E-state index in [1.165, 1.54) is 22.3 Å². The minimum Gasteiger partial charge on any atom is -0.310 e. The van der Waals surface area contributed by atoms with Crippen LogP contribution < -0.4 is 5.32 Å². The number of hydrogen-bond acceptors (Lipinski definition) is 2. The highest BCUT2D eigenvalue weighted by Gasteiger charge is 2.16. The molecule has 0 radical (unpaired) electrons. The molecule has 1 atom stereocenters. The SMILES string of the molecule is CCNC(Cc1ccc(C)cc1Cl)c1ccncc1CC. The molecule has 2 rings (SSSR count). The molecule has 1 N–H and O–H groups in total. The number of halogens is 1. The Morgan fingerprint density at radius 3 is 2.67 bits per heavy atom. The second-order valence-electron chi connectivity index (χ2n) is 5.34. The quantitative estimate of drug-likeness (QED) is 0.850. The number of likely N-dealkylation sites (N-methyl/N-ethyl adjacent to an activating group) is 1. The highest BCUT2D eigenvalue weighted by molar-refractivity contribution is 6.31. The van der Waals surface area contributed by atoms with Gasteiger partial charge in [0.1, 0.15) is 0 Å². The second kappa shape index (κ2) is 7.58. The van der Waals surface area contributed by atoms with Gasteiger partial charge in [-0.2, -0.15) is 0 Å². The van der Waals surface area contributed by atoms with Gasteiger partial charge in [-0.1, -0.05) is 37.6 Å². The maximum Gasteiger partial charge on any atom is 0.0441 e. The van der Waals surface area contributed by atoms with Crippen molar-refractivity contribution in [2.45, 2.75) is 39.7 Å². The zero-order valence-electron chi connectivity index (χ0n) is 13.0. The molecule has 0 aliphatic carbocycles. The van der Waals surface area contributed by atoms with E-state index < -0.39 is 0 Å². The number of benzene rings is 1. The average molecular weight is 303 g/mol. The molecule has 0 fully saturated rings. The minimum atomic E-state index is 0.271. The van der Waals surface area contributed by atoms with Crippen LogP contribution in [0.2, 0.25) is 5.02 Å². The summed E-state index contributed by atoms with van der Waals surface area (Å²) in [7, 11) is 0. The molecular weight excluding hydrogens is 280 g/mol. The van der Waals surface area contributed by atoms with Crippen molar-refractivity contribution >= 4 is 11.6 Å². The number of aromatic nitrogens is 1. The van der Waals surface area contributed by atoms with Gasteiger partial charge >= 0.3 is 0 Å². The molecule has 0 aliphatic heterocycles. The van der Waals surface area contributed by atoms with E-state index in [0.717, 1.165) is 24.4 Å². The first-order valence-electron chi connectivity index (χ1n) is 7.56. The van der Waals surface area contributed by atoms with Gasteiger partial charge in [-0.25, -0.2) is 0 Å². The van der Waals surface area contributed by atoms with E-state index in [1.807, 2.05) is 18.5 Å². The molecule has 1 unspecified atom stereocenters. The summed E-state index contributed by atoms with van der Waals surface area (Å²) in [4.78, 5) is 4.24. The van der Waals surface area contributed by atoms with E-state index in [4.69, 9.17) is 11.6 Å². The highest BCUT2D eigenvalue weighted by atomic mass is 35.5. The summed E-state index contributed by atoms with van der Waals surface area (Å²) in [6.45, 7) is 7.30. The summed E-state index contributed by atoms with van der Waals surface area (Å²) in [5.74, 6) is 0. The van der Waals surface area contributed by atoms with Gasteiger partial charge in [0.05, 0.1) is 0 Å². The molecule has 2 aromatic rings. The number of nitrogens with zero attached hydrogens (tertiary/aromatic N) is 1. The van der Waals surface area contributed by atoms with Crippen molar-refractivity contribution < 1.29 is 0 Å². The van der Waals surface area contributed by atoms with Crippen LogP contribution in [0.4, 0.5) is 0 Å². The number of nitrogens with one attached hydrogen (secondary N) is 1. The van der Waals surface area contributed by atoms with Crippen LogP contribution in [0.1, 0.15) is 42.1 Å². The Kier molecular flexibility index (Phi) is 5.77. The van der Waals surface area contributed by atoms with Crippen LogP contribution in [0.15, 0.2) is 36.7 Å². The molecule has 21 heavy (non-hydrogen) atoms. The van der Waals surface area contributed by atoms with Gasteiger partial charge in [-0.15, -0.1) is 0 Å². The summed E-state index contributed by atoms with van der Waals surface area (Å²) < 4.78 is 0. The van der Waals surface area contributed by atoms with Crippen molar-refractivity contribution in [3.05, 3.63) is 63.9 Å². The van der Waals surface area contributed by atoms with Crippen molar-refractivity contribution in [1.29, 1.82) is 0 Å². The van der Waals surface area contributed by atoms with Gasteiger partial charge in [-0.3, -0.25) is 4.98 Å². The summed E-state index contributed by atoms with van der Waals surface area (Å²) in [5.41, 5.74) is 5.01. The van der Waals surface area contributed by atoms with Crippen molar-refractivity contribution in [3.63, 3.8) is 0 Å². The molecule has 0 saturated heterocycles. The van der Waals surface area contributed by atoms with Crippen molar-refractivity contribution in [3.8, 4) is 0 Å². The third-order valence-electron chi connectivity index (χ3n) is 3.78. The molecule has 3 heteroatoms. The topological polar surface area (TPSA) is 24.9 Å². The predicted molar refractivity (Wildman–Crippen MR) is 89.9 cm³/mol. The molecule has 112 valence electrons. The standard InChI is InChI=1S/C18H23ClN2/c1-4-14-12-20-9-8-16(14)18(21-5-2)11-15-7-6-13(3)10-17(15)19/h6-10,12,18,21H,4-5,11H2,1-3H3. The Labute approximate surface area is 132 Å². The third kappa shape index (κ3) is 4.05. The summed E-state index contributed by atoms with van der Waals surface area (Å²) in [6, 6.07) is 8.68. The predicted octanol–water partition coefficient (Wildman–Crippen LogP) is 4.50. The van der Waals surface area contributed by atoms with Gasteiger partial charge in [0.15, 0.2) is 0 Å². The van der Waals surface area contributed by atoms with Crippen LogP contribution in [0.25, 0.3) is 0 Å². The summed E-state index contributed by atoms with van der Waals surface area (Å²) in [5, 5.41) is 4.43. The zero-order valence-corrected chi connectivity index (χ0v) is 13.7. The third-order valence-corrected chi connectivity index (χ3v) is 4.13. The molecule has 1 aromatic heterocycles. The fourth-order valence-corrected chi connectivity index (χ4v) is 2.96. The molecule has 0 aliphatic rings. The maximum atomic E-state index is 6.39. The normalized spacial score (nSPS) is 12.4. The first-order valence-corrected chi connectivity index (χ1v) is 7.94. The van der Waals surface area contributed by atoms with Gasteiger partial charge in [0.25, 0.3) is 0 Å². The first kappa shape index (κ1) is 16.0. The lowest BCUT2D eigenvalue weighted by Crippen LogP contribution is -2.24. The van der Waals surface area contributed by atoms with Crippen molar-refractivity contribution in [1.82, 2.24) is 10.3 Å². The van der Waals surface area contributed by atoms with Crippen LogP contribution in [-0.4, -0.2) is 11.5 Å². The van der Waals surface area contributed by atoms with E-state index in [2.05, 4.69) is 49.3 Å². The zero-order chi connectivity index (χ0) is 15.2. The Balaban J connectivity index is 2.30. The molecule has 0 spiro atoms. The highest BCUT2D eigenvalue weighted by Crippen LogP contribution is 2.26. The molecule has 0 saturated carbocycles. The maximum absolute atomic E-state index is 6.39. The molecule has 1 aromatic carbocycles. The lowest BCUT2D eigenvalue weighted by molar-refractivity contribution is 0.545. The number of aryl methyl sites for hydroxylation is 2. The molecular formula is C18H23ClN2. The van der Waals surface area contributed by atoms with E-state index in [1.54, 1.807) is 0 Å². The van der Waals surface area contributed by atoms with E-state index in [-0.39, 0.29) is 6.04 Å². The first-order chi connectivity index (χ1) is 10.2. The van der Waals surface area contributed by atoms with Crippen LogP contribution in [-0.2, 0) is 12.8 Å². The molecule has 0 amide bonds. The van der Waals surface area contributed by atoms with Crippen LogP contribution in [0, 0.1) is 6.92 Å². The largest absolute Gasteiger partial charge is 0.310 e. The van der Waals surface area contributed by atoms with Gasteiger partial charge < -0.3 is 5.32 Å². The lowest BCUT2D eigenvalue weighted by Gasteiger charge is -2.21. The second-order valence-corrected chi connectivity index (χ2v) is 5.74.